The number of anilines is 1. The Labute approximate surface area is 170 Å². The molecule has 0 spiro atoms. The van der Waals surface area contributed by atoms with Crippen LogP contribution in [0.4, 0.5) is 5.69 Å². The molecule has 146 valence electrons. The van der Waals surface area contributed by atoms with Crippen LogP contribution in [0.2, 0.25) is 5.02 Å². The molecule has 0 radical (unpaired) electrons. The van der Waals surface area contributed by atoms with Crippen molar-refractivity contribution in [2.45, 2.75) is 6.67 Å². The number of benzene rings is 2. The molecule has 1 saturated heterocycles. The minimum Gasteiger partial charge on any atom is -0.368 e. The maximum atomic E-state index is 13.3. The molecule has 2 heterocycles. The van der Waals surface area contributed by atoms with Crippen LogP contribution in [0.1, 0.15) is 10.4 Å². The summed E-state index contributed by atoms with van der Waals surface area (Å²) in [5.74, 6) is 0.111. The van der Waals surface area contributed by atoms with Crippen LogP contribution in [0, 0.1) is 0 Å². The Morgan fingerprint density at radius 2 is 1.79 bits per heavy atom. The Morgan fingerprint density at radius 3 is 2.50 bits per heavy atom. The van der Waals surface area contributed by atoms with Crippen LogP contribution >= 0.6 is 11.6 Å². The van der Waals surface area contributed by atoms with Gasteiger partial charge < -0.3 is 14.4 Å². The molecule has 28 heavy (non-hydrogen) atoms. The Morgan fingerprint density at radius 1 is 1.04 bits per heavy atom. The second-order valence-corrected chi connectivity index (χ2v) is 7.95. The number of nitrogens with zero attached hydrogens (tertiary/aromatic N) is 4. The Bertz CT molecular complexity index is 989. The number of aromatic nitrogens is 1. The first-order chi connectivity index (χ1) is 13.5. The molecule has 0 bridgehead atoms. The van der Waals surface area contributed by atoms with Gasteiger partial charge in [0.05, 0.1) is 12.2 Å². The second kappa shape index (κ2) is 7.86. The number of hydrogen-bond donors (Lipinski definition) is 0. The van der Waals surface area contributed by atoms with Crippen molar-refractivity contribution in [3.05, 3.63) is 65.3 Å². The molecule has 1 amide bonds. The Balaban J connectivity index is 1.53. The predicted octanol–water partition coefficient (Wildman–Crippen LogP) is 3.78. The molecular formula is C22H25ClN4O. The van der Waals surface area contributed by atoms with Crippen LogP contribution in [-0.2, 0) is 6.67 Å². The van der Waals surface area contributed by atoms with E-state index in [1.54, 1.807) is 0 Å². The summed E-state index contributed by atoms with van der Waals surface area (Å²) < 4.78 is 2.14. The lowest BCUT2D eigenvalue weighted by Gasteiger charge is -2.36. The van der Waals surface area contributed by atoms with E-state index in [-0.39, 0.29) is 5.91 Å². The summed E-state index contributed by atoms with van der Waals surface area (Å²) in [4.78, 5) is 19.6. The van der Waals surface area contributed by atoms with Crippen molar-refractivity contribution in [2.75, 3.05) is 45.2 Å². The van der Waals surface area contributed by atoms with Gasteiger partial charge in [-0.1, -0.05) is 35.9 Å². The van der Waals surface area contributed by atoms with Crippen molar-refractivity contribution in [2.24, 2.45) is 0 Å². The Hall–Kier alpha value is -2.50. The lowest BCUT2D eigenvalue weighted by atomic mass is 10.1. The van der Waals surface area contributed by atoms with Gasteiger partial charge in [0.1, 0.15) is 0 Å². The first-order valence-electron chi connectivity index (χ1n) is 9.55. The largest absolute Gasteiger partial charge is 0.368 e. The van der Waals surface area contributed by atoms with Gasteiger partial charge in [-0.05, 0) is 38.4 Å². The van der Waals surface area contributed by atoms with E-state index in [1.165, 1.54) is 0 Å². The van der Waals surface area contributed by atoms with Gasteiger partial charge >= 0.3 is 0 Å². The van der Waals surface area contributed by atoms with Gasteiger partial charge in [-0.3, -0.25) is 9.69 Å². The zero-order valence-electron chi connectivity index (χ0n) is 16.3. The fourth-order valence-corrected chi connectivity index (χ4v) is 4.03. The van der Waals surface area contributed by atoms with Crippen molar-refractivity contribution in [3.63, 3.8) is 0 Å². The summed E-state index contributed by atoms with van der Waals surface area (Å²) in [6.07, 6.45) is 2.00. The minimum atomic E-state index is 0.111. The van der Waals surface area contributed by atoms with Gasteiger partial charge in [0.2, 0.25) is 0 Å². The van der Waals surface area contributed by atoms with E-state index >= 15 is 0 Å². The lowest BCUT2D eigenvalue weighted by Crippen LogP contribution is -2.48. The molecule has 0 aliphatic carbocycles. The monoisotopic (exact) mass is 396 g/mol. The van der Waals surface area contributed by atoms with Gasteiger partial charge in [0.15, 0.2) is 0 Å². The van der Waals surface area contributed by atoms with E-state index in [4.69, 9.17) is 11.6 Å². The molecule has 0 unspecified atom stereocenters. The van der Waals surface area contributed by atoms with Crippen LogP contribution in [0.5, 0.6) is 0 Å². The van der Waals surface area contributed by atoms with Crippen LogP contribution in [0.15, 0.2) is 54.7 Å². The second-order valence-electron chi connectivity index (χ2n) is 7.51. The molecule has 6 heteroatoms. The number of rotatable bonds is 4. The van der Waals surface area contributed by atoms with E-state index in [0.29, 0.717) is 13.1 Å². The standard InChI is InChI=1S/C22H25ClN4O/c1-24(2)16-27-15-20(19-8-3-4-9-21(19)27)22(28)26-12-10-25(11-13-26)18-7-5-6-17(23)14-18/h3-9,14-15H,10-13,16H2,1-2H3. The summed E-state index contributed by atoms with van der Waals surface area (Å²) in [6, 6.07) is 16.0. The molecule has 1 aliphatic rings. The third-order valence-corrected chi connectivity index (χ3v) is 5.43. The van der Waals surface area contributed by atoms with Crippen LogP contribution in [-0.4, -0.2) is 60.5 Å². The Kier molecular flexibility index (Phi) is 5.29. The normalized spacial score (nSPS) is 14.9. The van der Waals surface area contributed by atoms with Crippen molar-refractivity contribution in [1.29, 1.82) is 0 Å². The quantitative estimate of drug-likeness (QED) is 0.672. The number of fused-ring (bicyclic) bond motifs is 1. The summed E-state index contributed by atoms with van der Waals surface area (Å²) in [5, 5.41) is 1.76. The van der Waals surface area contributed by atoms with E-state index in [9.17, 15) is 4.79 Å². The maximum Gasteiger partial charge on any atom is 0.256 e. The van der Waals surface area contributed by atoms with Crippen molar-refractivity contribution < 1.29 is 4.79 Å². The number of para-hydroxylation sites is 1. The average molecular weight is 397 g/mol. The fourth-order valence-electron chi connectivity index (χ4n) is 3.85. The molecule has 0 atom stereocenters. The zero-order chi connectivity index (χ0) is 19.7. The number of piperazine rings is 1. The third kappa shape index (κ3) is 3.73. The first-order valence-corrected chi connectivity index (χ1v) is 9.93. The summed E-state index contributed by atoms with van der Waals surface area (Å²) >= 11 is 6.12. The zero-order valence-corrected chi connectivity index (χ0v) is 17.1. The van der Waals surface area contributed by atoms with E-state index in [0.717, 1.165) is 46.9 Å². The molecule has 3 aromatic rings. The molecule has 4 rings (SSSR count). The highest BCUT2D eigenvalue weighted by atomic mass is 35.5. The van der Waals surface area contributed by atoms with Crippen molar-refractivity contribution >= 4 is 34.1 Å². The number of carbonyl (C=O) groups excluding carboxylic acids is 1. The smallest absolute Gasteiger partial charge is 0.256 e. The van der Waals surface area contributed by atoms with Gasteiger partial charge in [-0.2, -0.15) is 0 Å². The van der Waals surface area contributed by atoms with Crippen LogP contribution in [0.25, 0.3) is 10.9 Å². The number of hydrogen-bond acceptors (Lipinski definition) is 3. The van der Waals surface area contributed by atoms with Gasteiger partial charge in [0, 0.05) is 54.0 Å². The van der Waals surface area contributed by atoms with E-state index in [2.05, 4.69) is 26.5 Å². The summed E-state index contributed by atoms with van der Waals surface area (Å²) in [5.41, 5.74) is 2.99. The molecular weight excluding hydrogens is 372 g/mol. The van der Waals surface area contributed by atoms with Gasteiger partial charge in [-0.25, -0.2) is 0 Å². The topological polar surface area (TPSA) is 31.7 Å². The highest BCUT2D eigenvalue weighted by molar-refractivity contribution is 6.30. The first kappa shape index (κ1) is 18.8. The lowest BCUT2D eigenvalue weighted by molar-refractivity contribution is 0.0748. The fraction of sp³-hybridized carbons (Fsp3) is 0.318. The number of carbonyl (C=O) groups is 1. The SMILES string of the molecule is CN(C)Cn1cc(C(=O)N2CCN(c3cccc(Cl)c3)CC2)c2ccccc21. The molecule has 1 fully saturated rings. The van der Waals surface area contributed by atoms with Crippen LogP contribution < -0.4 is 4.90 Å². The molecule has 5 nitrogen and oxygen atoms in total. The summed E-state index contributed by atoms with van der Waals surface area (Å²) in [6.45, 7) is 3.78. The highest BCUT2D eigenvalue weighted by Gasteiger charge is 2.25. The van der Waals surface area contributed by atoms with Gasteiger partial charge in [0.25, 0.3) is 5.91 Å². The van der Waals surface area contributed by atoms with Crippen molar-refractivity contribution in [3.8, 4) is 0 Å². The highest BCUT2D eigenvalue weighted by Crippen LogP contribution is 2.25. The van der Waals surface area contributed by atoms with E-state index < -0.39 is 0 Å². The average Bonchev–Trinajstić information content (AvgIpc) is 3.05. The number of amides is 1. The third-order valence-electron chi connectivity index (χ3n) is 5.19. The van der Waals surface area contributed by atoms with Gasteiger partial charge in [-0.15, -0.1) is 0 Å². The minimum absolute atomic E-state index is 0.111. The van der Waals surface area contributed by atoms with Crippen LogP contribution in [0.3, 0.4) is 0 Å². The van der Waals surface area contributed by atoms with E-state index in [1.807, 2.05) is 61.6 Å². The predicted molar refractivity (Wildman–Crippen MR) is 115 cm³/mol. The molecule has 0 saturated carbocycles. The number of halogens is 1. The molecule has 0 N–H and O–H groups in total. The molecule has 1 aliphatic heterocycles. The molecule has 2 aromatic carbocycles. The molecule has 1 aromatic heterocycles. The maximum absolute atomic E-state index is 13.3. The summed E-state index contributed by atoms with van der Waals surface area (Å²) in [7, 11) is 4.07. The van der Waals surface area contributed by atoms with Crippen molar-refractivity contribution in [1.82, 2.24) is 14.4 Å².